The molecule has 0 saturated heterocycles. The summed E-state index contributed by atoms with van der Waals surface area (Å²) in [6.45, 7) is 0. The molecule has 5 nitrogen and oxygen atoms in total. The average Bonchev–Trinajstić information content (AvgIpc) is 3.93. The van der Waals surface area contributed by atoms with Crippen molar-refractivity contribution in [2.24, 2.45) is 0 Å². The molecule has 0 spiro atoms. The van der Waals surface area contributed by atoms with Gasteiger partial charge in [0.2, 0.25) is 0 Å². The van der Waals surface area contributed by atoms with Crippen LogP contribution < -0.4 is 0 Å². The van der Waals surface area contributed by atoms with Gasteiger partial charge in [0.05, 0.1) is 24.9 Å². The molecule has 0 amide bonds. The SMILES string of the molecule is [2H]c1cc([2H])c2c(c1[2H])c1c([2H])c([2H])cc([2H])c1n2-c1ccc(-c2cccc3c2oc2ccccc23)cc1-c1nc(-c2ccccc2)nc(-c2ccc(-c3ccc4ccccc4c3)cc2)n1. The van der Waals surface area contributed by atoms with Gasteiger partial charge in [-0.1, -0.05) is 170 Å². The van der Waals surface area contributed by atoms with E-state index in [9.17, 15) is 2.74 Å². The van der Waals surface area contributed by atoms with Gasteiger partial charge in [0.1, 0.15) is 11.2 Å². The molecule has 0 N–H and O–H groups in total. The quantitative estimate of drug-likeness (QED) is 0.169. The molecule has 0 saturated carbocycles. The van der Waals surface area contributed by atoms with Crippen LogP contribution in [0.25, 0.3) is 117 Å². The topological polar surface area (TPSA) is 56.7 Å². The van der Waals surface area contributed by atoms with Crippen LogP contribution >= 0.6 is 0 Å². The molecule has 0 bridgehead atoms. The second-order valence-corrected chi connectivity index (χ2v) is 14.7. The Balaban J connectivity index is 1.14. The van der Waals surface area contributed by atoms with E-state index in [4.69, 9.17) is 24.9 Å². The molecule has 9 aromatic carbocycles. The highest BCUT2D eigenvalue weighted by Gasteiger charge is 2.21. The molecule has 5 heteroatoms. The minimum atomic E-state index is -0.195. The van der Waals surface area contributed by atoms with E-state index in [0.717, 1.165) is 55.1 Å². The lowest BCUT2D eigenvalue weighted by molar-refractivity contribution is 0.670. The van der Waals surface area contributed by atoms with Crippen molar-refractivity contribution < 1.29 is 12.6 Å². The van der Waals surface area contributed by atoms with Crippen molar-refractivity contribution in [1.82, 2.24) is 19.5 Å². The summed E-state index contributed by atoms with van der Waals surface area (Å²) in [6.07, 6.45) is 0. The number of hydrogen-bond acceptors (Lipinski definition) is 4. The van der Waals surface area contributed by atoms with Crippen molar-refractivity contribution in [3.05, 3.63) is 206 Å². The van der Waals surface area contributed by atoms with E-state index in [-0.39, 0.29) is 58.1 Å². The normalized spacial score (nSPS) is 13.1. The maximum absolute atomic E-state index is 9.28. The smallest absolute Gasteiger partial charge is 0.166 e. The first-order valence-electron chi connectivity index (χ1n) is 22.7. The second kappa shape index (κ2) is 13.8. The van der Waals surface area contributed by atoms with Gasteiger partial charge in [-0.15, -0.1) is 0 Å². The Morgan fingerprint density at radius 2 is 1.02 bits per heavy atom. The fraction of sp³-hybridized carbons (Fsp3) is 0. The summed E-state index contributed by atoms with van der Waals surface area (Å²) in [5, 5.41) is 4.58. The van der Waals surface area contributed by atoms with Crippen LogP contribution in [0.5, 0.6) is 0 Å². The van der Waals surface area contributed by atoms with Crippen LogP contribution in [-0.4, -0.2) is 19.5 Å². The standard InChI is InChI=1S/C55H34N4O/c1-2-14-37(15-3-1)53-56-54(38-28-25-36(26-29-38)40-30-27-35-13-4-5-16-39(35)33-40)58-55(57-53)47-34-41(42-20-12-21-46-45-19-8-11-24-51(45)60-52(42)46)31-32-50(47)59-48-22-9-6-17-43(48)44-18-7-10-23-49(44)59/h1-34H/i6D,7D,17D,18D,22D,23D. The van der Waals surface area contributed by atoms with E-state index >= 15 is 0 Å². The maximum atomic E-state index is 9.28. The molecule has 12 aromatic rings. The Morgan fingerprint density at radius 3 is 1.80 bits per heavy atom. The van der Waals surface area contributed by atoms with Crippen molar-refractivity contribution in [1.29, 1.82) is 0 Å². The van der Waals surface area contributed by atoms with Crippen LogP contribution in [-0.2, 0) is 0 Å². The molecule has 60 heavy (non-hydrogen) atoms. The lowest BCUT2D eigenvalue weighted by Crippen LogP contribution is -2.04. The molecule has 0 aliphatic heterocycles. The van der Waals surface area contributed by atoms with Crippen LogP contribution in [0.2, 0.25) is 0 Å². The van der Waals surface area contributed by atoms with Gasteiger partial charge in [0.15, 0.2) is 17.5 Å². The molecule has 3 aromatic heterocycles. The van der Waals surface area contributed by atoms with E-state index in [0.29, 0.717) is 34.3 Å². The maximum Gasteiger partial charge on any atom is 0.166 e. The van der Waals surface area contributed by atoms with Crippen LogP contribution in [0.1, 0.15) is 8.22 Å². The van der Waals surface area contributed by atoms with Crippen LogP contribution in [0, 0.1) is 0 Å². The molecular weight excluding hydrogens is 733 g/mol. The van der Waals surface area contributed by atoms with Crippen LogP contribution in [0.15, 0.2) is 211 Å². The molecule has 0 unspecified atom stereocenters. The first kappa shape index (κ1) is 28.3. The van der Waals surface area contributed by atoms with E-state index in [1.165, 1.54) is 17.5 Å². The molecule has 0 atom stereocenters. The van der Waals surface area contributed by atoms with Crippen LogP contribution in [0.4, 0.5) is 0 Å². The second-order valence-electron chi connectivity index (χ2n) is 14.7. The van der Waals surface area contributed by atoms with Gasteiger partial charge in [0.25, 0.3) is 0 Å². The zero-order valence-electron chi connectivity index (χ0n) is 37.9. The predicted octanol–water partition coefficient (Wildman–Crippen LogP) is 14.4. The Labute approximate surface area is 353 Å². The fourth-order valence-electron chi connectivity index (χ4n) is 8.33. The van der Waals surface area contributed by atoms with Gasteiger partial charge in [0, 0.05) is 43.8 Å². The number of fused-ring (bicyclic) bond motifs is 7. The molecule has 0 aliphatic carbocycles. The summed E-state index contributed by atoms with van der Waals surface area (Å²) >= 11 is 0. The van der Waals surface area contributed by atoms with Crippen LogP contribution in [0.3, 0.4) is 0 Å². The minimum absolute atomic E-state index is 0.0672. The molecule has 0 fully saturated rings. The number of furan rings is 1. The molecule has 3 heterocycles. The Hall–Kier alpha value is -8.15. The van der Waals surface area contributed by atoms with Crippen molar-refractivity contribution in [2.75, 3.05) is 0 Å². The highest BCUT2D eigenvalue weighted by atomic mass is 16.3. The average molecular weight is 773 g/mol. The first-order chi connectivity index (χ1) is 32.2. The lowest BCUT2D eigenvalue weighted by atomic mass is 9.98. The zero-order valence-corrected chi connectivity index (χ0v) is 31.9. The van der Waals surface area contributed by atoms with Crippen molar-refractivity contribution in [3.63, 3.8) is 0 Å². The van der Waals surface area contributed by atoms with E-state index < -0.39 is 0 Å². The fourth-order valence-corrected chi connectivity index (χ4v) is 8.33. The molecular formula is C55H34N4O. The monoisotopic (exact) mass is 772 g/mol. The molecule has 0 aliphatic rings. The molecule has 12 rings (SSSR count). The Bertz CT molecular complexity index is 3890. The lowest BCUT2D eigenvalue weighted by Gasteiger charge is -2.16. The summed E-state index contributed by atoms with van der Waals surface area (Å²) in [4.78, 5) is 15.5. The van der Waals surface area contributed by atoms with E-state index in [2.05, 4.69) is 42.5 Å². The third kappa shape index (κ3) is 5.59. The number of aromatic nitrogens is 4. The zero-order chi connectivity index (χ0) is 44.8. The van der Waals surface area contributed by atoms with Gasteiger partial charge in [-0.05, 0) is 63.8 Å². The predicted molar refractivity (Wildman–Crippen MR) is 246 cm³/mol. The minimum Gasteiger partial charge on any atom is -0.455 e. The van der Waals surface area contributed by atoms with Gasteiger partial charge < -0.3 is 8.98 Å². The number of nitrogens with zero attached hydrogens (tertiary/aromatic N) is 4. The summed E-state index contributed by atoms with van der Waals surface area (Å²) in [6, 6.07) is 54.0. The summed E-state index contributed by atoms with van der Waals surface area (Å²) < 4.78 is 62.2. The number of para-hydroxylation sites is 4. The number of hydrogen-bond donors (Lipinski definition) is 0. The van der Waals surface area contributed by atoms with Crippen molar-refractivity contribution in [2.45, 2.75) is 0 Å². The summed E-state index contributed by atoms with van der Waals surface area (Å²) in [5.41, 5.74) is 8.14. The van der Waals surface area contributed by atoms with Crippen molar-refractivity contribution >= 4 is 54.5 Å². The van der Waals surface area contributed by atoms with Gasteiger partial charge >= 0.3 is 0 Å². The number of rotatable bonds is 6. The Morgan fingerprint density at radius 1 is 0.400 bits per heavy atom. The highest BCUT2D eigenvalue weighted by molar-refractivity contribution is 6.11. The van der Waals surface area contributed by atoms with E-state index in [1.807, 2.05) is 115 Å². The number of benzene rings is 9. The summed E-state index contributed by atoms with van der Waals surface area (Å²) in [7, 11) is 0. The van der Waals surface area contributed by atoms with E-state index in [1.54, 1.807) is 4.57 Å². The Kier molecular flexibility index (Phi) is 6.48. The molecule has 0 radical (unpaired) electrons. The van der Waals surface area contributed by atoms with Gasteiger partial charge in [-0.2, -0.15) is 0 Å². The van der Waals surface area contributed by atoms with Gasteiger partial charge in [-0.25, -0.2) is 15.0 Å². The third-order valence-electron chi connectivity index (χ3n) is 11.2. The molecule has 280 valence electrons. The summed E-state index contributed by atoms with van der Waals surface area (Å²) in [5.74, 6) is 1.14. The van der Waals surface area contributed by atoms with Crippen molar-refractivity contribution in [3.8, 4) is 62.1 Å². The largest absolute Gasteiger partial charge is 0.455 e. The first-order valence-corrected chi connectivity index (χ1v) is 19.7. The van der Waals surface area contributed by atoms with Gasteiger partial charge in [-0.3, -0.25) is 0 Å². The highest BCUT2D eigenvalue weighted by Crippen LogP contribution is 2.41. The third-order valence-corrected chi connectivity index (χ3v) is 11.2.